The summed E-state index contributed by atoms with van der Waals surface area (Å²) in [5, 5.41) is 9.20. The summed E-state index contributed by atoms with van der Waals surface area (Å²) in [6, 6.07) is 3.71. The van der Waals surface area contributed by atoms with Crippen molar-refractivity contribution in [2.24, 2.45) is 7.05 Å². The van der Waals surface area contributed by atoms with Gasteiger partial charge in [0.05, 0.1) is 19.1 Å². The summed E-state index contributed by atoms with van der Waals surface area (Å²) in [5.41, 5.74) is 3.52. The number of methoxy groups -OCH3 is 1. The number of hydrogen-bond donors (Lipinski definition) is 1. The van der Waals surface area contributed by atoms with Crippen molar-refractivity contribution in [1.29, 1.82) is 0 Å². The molecule has 0 spiro atoms. The summed E-state index contributed by atoms with van der Waals surface area (Å²) < 4.78 is 6.99. The molecule has 19 heavy (non-hydrogen) atoms. The molecule has 0 bridgehead atoms. The molecule has 0 atom stereocenters. The monoisotopic (exact) mass is 260 g/mol. The molecule has 2 aromatic rings. The topological polar surface area (TPSA) is 64.3 Å². The van der Waals surface area contributed by atoms with Crippen LogP contribution in [0.15, 0.2) is 18.5 Å². The summed E-state index contributed by atoms with van der Waals surface area (Å²) >= 11 is 0. The molecule has 2 rings (SSSR count). The van der Waals surface area contributed by atoms with Crippen LogP contribution in [-0.4, -0.2) is 27.7 Å². The van der Waals surface area contributed by atoms with Crippen LogP contribution in [0.5, 0.6) is 5.75 Å². The van der Waals surface area contributed by atoms with E-state index in [2.05, 4.69) is 4.98 Å². The number of imidazole rings is 1. The van der Waals surface area contributed by atoms with E-state index >= 15 is 0 Å². The Morgan fingerprint density at radius 1 is 1.32 bits per heavy atom. The first kappa shape index (κ1) is 13.1. The van der Waals surface area contributed by atoms with E-state index in [4.69, 9.17) is 4.74 Å². The van der Waals surface area contributed by atoms with E-state index in [1.54, 1.807) is 18.7 Å². The summed E-state index contributed by atoms with van der Waals surface area (Å²) in [4.78, 5) is 15.2. The number of benzene rings is 1. The van der Waals surface area contributed by atoms with Gasteiger partial charge in [0.25, 0.3) is 0 Å². The Hall–Kier alpha value is -2.30. The van der Waals surface area contributed by atoms with Crippen molar-refractivity contribution in [2.75, 3.05) is 7.11 Å². The second-order valence-electron chi connectivity index (χ2n) is 4.42. The molecule has 0 saturated carbocycles. The van der Waals surface area contributed by atoms with E-state index in [1.807, 2.05) is 26.0 Å². The maximum absolute atomic E-state index is 11.2. The molecular formula is C14H16N2O3. The minimum atomic E-state index is -1.02. The van der Waals surface area contributed by atoms with E-state index in [0.717, 1.165) is 22.4 Å². The van der Waals surface area contributed by atoms with Gasteiger partial charge in [-0.3, -0.25) is 0 Å². The minimum Gasteiger partial charge on any atom is -0.496 e. The Balaban J connectivity index is 2.70. The Bertz CT molecular complexity index is 644. The number of nitrogens with zero attached hydrogens (tertiary/aromatic N) is 2. The van der Waals surface area contributed by atoms with Crippen LogP contribution in [0.25, 0.3) is 11.3 Å². The molecule has 0 saturated heterocycles. The van der Waals surface area contributed by atoms with Gasteiger partial charge in [0.15, 0.2) is 5.69 Å². The van der Waals surface area contributed by atoms with Gasteiger partial charge in [0, 0.05) is 12.6 Å². The van der Waals surface area contributed by atoms with Crippen molar-refractivity contribution >= 4 is 5.97 Å². The quantitative estimate of drug-likeness (QED) is 0.920. The molecule has 0 aliphatic heterocycles. The first-order valence-corrected chi connectivity index (χ1v) is 5.86. The van der Waals surface area contributed by atoms with Gasteiger partial charge in [-0.15, -0.1) is 0 Å². The molecule has 5 heteroatoms. The molecule has 5 nitrogen and oxygen atoms in total. The van der Waals surface area contributed by atoms with E-state index in [0.29, 0.717) is 5.69 Å². The fourth-order valence-electron chi connectivity index (χ4n) is 2.18. The number of carbonyl (C=O) groups is 1. The van der Waals surface area contributed by atoms with E-state index in [1.165, 1.54) is 6.33 Å². The third-order valence-electron chi connectivity index (χ3n) is 3.35. The Morgan fingerprint density at radius 3 is 2.58 bits per heavy atom. The molecule has 1 aromatic carbocycles. The zero-order valence-corrected chi connectivity index (χ0v) is 11.4. The lowest BCUT2D eigenvalue weighted by molar-refractivity contribution is 0.0692. The molecule has 1 heterocycles. The maximum Gasteiger partial charge on any atom is 0.356 e. The average Bonchev–Trinajstić information content (AvgIpc) is 2.75. The largest absolute Gasteiger partial charge is 0.496 e. The van der Waals surface area contributed by atoms with Crippen LogP contribution in [0.1, 0.15) is 21.6 Å². The lowest BCUT2D eigenvalue weighted by Gasteiger charge is -2.13. The number of aryl methyl sites for hydroxylation is 1. The highest BCUT2D eigenvalue weighted by Crippen LogP contribution is 2.32. The zero-order chi connectivity index (χ0) is 14.2. The van der Waals surface area contributed by atoms with Gasteiger partial charge in [-0.1, -0.05) is 0 Å². The highest BCUT2D eigenvalue weighted by molar-refractivity contribution is 5.93. The second-order valence-corrected chi connectivity index (χ2v) is 4.42. The van der Waals surface area contributed by atoms with Gasteiger partial charge in [-0.2, -0.15) is 0 Å². The molecule has 0 aliphatic rings. The van der Waals surface area contributed by atoms with E-state index < -0.39 is 5.97 Å². The molecule has 100 valence electrons. The molecule has 1 N–H and O–H groups in total. The predicted octanol–water partition coefficient (Wildman–Crippen LogP) is 2.41. The summed E-state index contributed by atoms with van der Waals surface area (Å²) in [6.07, 6.45) is 1.51. The lowest BCUT2D eigenvalue weighted by Crippen LogP contribution is -2.03. The van der Waals surface area contributed by atoms with Gasteiger partial charge < -0.3 is 14.4 Å². The zero-order valence-electron chi connectivity index (χ0n) is 11.4. The van der Waals surface area contributed by atoms with E-state index in [9.17, 15) is 9.90 Å². The first-order chi connectivity index (χ1) is 8.97. The summed E-state index contributed by atoms with van der Waals surface area (Å²) in [6.45, 7) is 3.90. The van der Waals surface area contributed by atoms with Crippen LogP contribution >= 0.6 is 0 Å². The van der Waals surface area contributed by atoms with Crippen LogP contribution in [-0.2, 0) is 7.05 Å². The first-order valence-electron chi connectivity index (χ1n) is 5.86. The van der Waals surface area contributed by atoms with Crippen molar-refractivity contribution in [2.45, 2.75) is 13.8 Å². The smallest absolute Gasteiger partial charge is 0.356 e. The van der Waals surface area contributed by atoms with Crippen LogP contribution in [0, 0.1) is 13.8 Å². The van der Waals surface area contributed by atoms with Crippen molar-refractivity contribution in [3.63, 3.8) is 0 Å². The number of hydrogen-bond acceptors (Lipinski definition) is 3. The third-order valence-corrected chi connectivity index (χ3v) is 3.35. The van der Waals surface area contributed by atoms with Gasteiger partial charge in [0.1, 0.15) is 5.75 Å². The minimum absolute atomic E-state index is 0.0650. The molecule has 0 aliphatic carbocycles. The van der Waals surface area contributed by atoms with Crippen LogP contribution in [0.4, 0.5) is 0 Å². The normalized spacial score (nSPS) is 10.5. The van der Waals surface area contributed by atoms with Gasteiger partial charge in [-0.05, 0) is 37.1 Å². The van der Waals surface area contributed by atoms with Crippen LogP contribution in [0.2, 0.25) is 0 Å². The maximum atomic E-state index is 11.2. The Morgan fingerprint density at radius 2 is 2.00 bits per heavy atom. The second kappa shape index (κ2) is 4.76. The fraction of sp³-hybridized carbons (Fsp3) is 0.286. The highest BCUT2D eigenvalue weighted by atomic mass is 16.5. The standard InChI is InChI=1S/C14H16N2O3/c1-8-9(2)11(19-4)6-5-10(8)13-12(14(17)18)15-7-16(13)3/h5-7H,1-4H3,(H,17,18). The number of rotatable bonds is 3. The van der Waals surface area contributed by atoms with Gasteiger partial charge >= 0.3 is 5.97 Å². The van der Waals surface area contributed by atoms with Crippen LogP contribution in [0.3, 0.4) is 0 Å². The highest BCUT2D eigenvalue weighted by Gasteiger charge is 2.20. The molecule has 0 amide bonds. The van der Waals surface area contributed by atoms with Gasteiger partial charge in [0.2, 0.25) is 0 Å². The van der Waals surface area contributed by atoms with Crippen LogP contribution < -0.4 is 4.74 Å². The van der Waals surface area contributed by atoms with Crippen molar-refractivity contribution in [3.8, 4) is 17.0 Å². The number of carboxylic acid groups (broad SMARTS) is 1. The van der Waals surface area contributed by atoms with E-state index in [-0.39, 0.29) is 5.69 Å². The molecule has 1 aromatic heterocycles. The Kier molecular flexibility index (Phi) is 3.29. The predicted molar refractivity (Wildman–Crippen MR) is 71.6 cm³/mol. The van der Waals surface area contributed by atoms with Crippen molar-refractivity contribution < 1.29 is 14.6 Å². The average molecular weight is 260 g/mol. The van der Waals surface area contributed by atoms with Crippen molar-refractivity contribution in [3.05, 3.63) is 35.3 Å². The third kappa shape index (κ3) is 2.07. The Labute approximate surface area is 111 Å². The number of aromatic carboxylic acids is 1. The molecule has 0 fully saturated rings. The molecule has 0 radical (unpaired) electrons. The number of aromatic nitrogens is 2. The fourth-order valence-corrected chi connectivity index (χ4v) is 2.18. The molecular weight excluding hydrogens is 244 g/mol. The van der Waals surface area contributed by atoms with Crippen molar-refractivity contribution in [1.82, 2.24) is 9.55 Å². The summed E-state index contributed by atoms with van der Waals surface area (Å²) in [5.74, 6) is -0.233. The molecule has 0 unspecified atom stereocenters. The SMILES string of the molecule is COc1ccc(-c2c(C(=O)O)ncn2C)c(C)c1C. The van der Waals surface area contributed by atoms with Gasteiger partial charge in [-0.25, -0.2) is 9.78 Å². The number of carboxylic acids is 1. The summed E-state index contributed by atoms with van der Waals surface area (Å²) in [7, 11) is 3.40. The lowest BCUT2D eigenvalue weighted by atomic mass is 9.98. The number of ether oxygens (including phenoxy) is 1.